The van der Waals surface area contributed by atoms with Gasteiger partial charge in [0.2, 0.25) is 0 Å². The van der Waals surface area contributed by atoms with Gasteiger partial charge < -0.3 is 15.2 Å². The van der Waals surface area contributed by atoms with Gasteiger partial charge in [-0.3, -0.25) is 14.9 Å². The van der Waals surface area contributed by atoms with Gasteiger partial charge in [-0.15, -0.1) is 0 Å². The van der Waals surface area contributed by atoms with Crippen LogP contribution in [0.15, 0.2) is 18.2 Å². The van der Waals surface area contributed by atoms with Crippen molar-refractivity contribution in [3.05, 3.63) is 33.9 Å². The number of non-ortho nitro benzene ring substituents is 1. The van der Waals surface area contributed by atoms with Gasteiger partial charge in [-0.25, -0.2) is 0 Å². The van der Waals surface area contributed by atoms with Gasteiger partial charge in [0.05, 0.1) is 23.7 Å². The van der Waals surface area contributed by atoms with Crippen LogP contribution in [-0.4, -0.2) is 36.2 Å². The van der Waals surface area contributed by atoms with Gasteiger partial charge in [-0.05, 0) is 18.4 Å². The molecule has 0 aliphatic carbocycles. The molecule has 1 unspecified atom stereocenters. The fraction of sp³-hybridized carbons (Fsp3) is 0.500. The van der Waals surface area contributed by atoms with E-state index in [0.717, 1.165) is 6.42 Å². The van der Waals surface area contributed by atoms with Crippen LogP contribution in [0.25, 0.3) is 0 Å². The average Bonchev–Trinajstić information content (AvgIpc) is 2.50. The molecule has 0 aliphatic rings. The van der Waals surface area contributed by atoms with Crippen molar-refractivity contribution < 1.29 is 19.6 Å². The van der Waals surface area contributed by atoms with E-state index in [4.69, 9.17) is 9.84 Å². The Labute approximate surface area is 123 Å². The van der Waals surface area contributed by atoms with E-state index >= 15 is 0 Å². The Morgan fingerprint density at radius 3 is 2.76 bits per heavy atom. The Morgan fingerprint density at radius 1 is 1.52 bits per heavy atom. The SMILES string of the molecule is CCC(CCO)CNC(=O)c1ccc([N+](=O)[O-])cc1OC. The molecule has 21 heavy (non-hydrogen) atoms. The van der Waals surface area contributed by atoms with E-state index in [1.807, 2.05) is 6.92 Å². The zero-order valence-electron chi connectivity index (χ0n) is 12.2. The normalized spacial score (nSPS) is 11.8. The number of hydrogen-bond donors (Lipinski definition) is 2. The number of aliphatic hydroxyl groups excluding tert-OH is 1. The predicted molar refractivity (Wildman–Crippen MR) is 77.5 cm³/mol. The molecule has 1 rings (SSSR count). The highest BCUT2D eigenvalue weighted by molar-refractivity contribution is 5.97. The molecule has 0 aliphatic heterocycles. The van der Waals surface area contributed by atoms with Crippen molar-refractivity contribution in [3.8, 4) is 5.75 Å². The summed E-state index contributed by atoms with van der Waals surface area (Å²) in [7, 11) is 1.36. The number of ether oxygens (including phenoxy) is 1. The molecule has 0 bridgehead atoms. The maximum Gasteiger partial charge on any atom is 0.273 e. The lowest BCUT2D eigenvalue weighted by atomic mass is 10.0. The van der Waals surface area contributed by atoms with Crippen molar-refractivity contribution in [2.24, 2.45) is 5.92 Å². The first-order valence-corrected chi connectivity index (χ1v) is 6.74. The van der Waals surface area contributed by atoms with Gasteiger partial charge in [0, 0.05) is 19.2 Å². The summed E-state index contributed by atoms with van der Waals surface area (Å²) in [6.07, 6.45) is 1.46. The molecular formula is C14H20N2O5. The Bertz CT molecular complexity index is 504. The van der Waals surface area contributed by atoms with Gasteiger partial charge in [0.1, 0.15) is 5.75 Å². The third-order valence-electron chi connectivity index (χ3n) is 3.31. The van der Waals surface area contributed by atoms with Crippen LogP contribution < -0.4 is 10.1 Å². The minimum atomic E-state index is -0.543. The number of rotatable bonds is 8. The molecule has 0 spiro atoms. The molecular weight excluding hydrogens is 276 g/mol. The summed E-state index contributed by atoms with van der Waals surface area (Å²) in [6.45, 7) is 2.50. The third kappa shape index (κ3) is 4.71. The van der Waals surface area contributed by atoms with Crippen molar-refractivity contribution in [2.75, 3.05) is 20.3 Å². The maximum atomic E-state index is 12.1. The molecule has 0 heterocycles. The topological polar surface area (TPSA) is 102 Å². The summed E-state index contributed by atoms with van der Waals surface area (Å²) in [6, 6.07) is 3.86. The lowest BCUT2D eigenvalue weighted by Gasteiger charge is -2.15. The molecule has 0 saturated heterocycles. The number of carbonyl (C=O) groups excluding carboxylic acids is 1. The van der Waals surface area contributed by atoms with Crippen LogP contribution in [0, 0.1) is 16.0 Å². The van der Waals surface area contributed by atoms with Crippen molar-refractivity contribution in [3.63, 3.8) is 0 Å². The molecule has 0 fully saturated rings. The first kappa shape index (κ1) is 16.9. The fourth-order valence-corrected chi connectivity index (χ4v) is 1.95. The summed E-state index contributed by atoms with van der Waals surface area (Å²) in [5.74, 6) is 0.0121. The number of nitro groups is 1. The van der Waals surface area contributed by atoms with Gasteiger partial charge in [-0.2, -0.15) is 0 Å². The van der Waals surface area contributed by atoms with E-state index in [1.54, 1.807) is 0 Å². The molecule has 2 N–H and O–H groups in total. The predicted octanol–water partition coefficient (Wildman–Crippen LogP) is 1.74. The molecule has 1 aromatic rings. The van der Waals surface area contributed by atoms with Crippen LogP contribution >= 0.6 is 0 Å². The number of aliphatic hydroxyl groups is 1. The van der Waals surface area contributed by atoms with Crippen LogP contribution in [0.4, 0.5) is 5.69 Å². The van der Waals surface area contributed by atoms with Crippen LogP contribution in [0.5, 0.6) is 5.75 Å². The minimum Gasteiger partial charge on any atom is -0.496 e. The summed E-state index contributed by atoms with van der Waals surface area (Å²) in [5.41, 5.74) is 0.122. The first-order chi connectivity index (χ1) is 10.0. The van der Waals surface area contributed by atoms with Crippen molar-refractivity contribution in [2.45, 2.75) is 19.8 Å². The Kier molecular flexibility index (Phi) is 6.61. The zero-order chi connectivity index (χ0) is 15.8. The molecule has 1 amide bonds. The lowest BCUT2D eigenvalue weighted by Crippen LogP contribution is -2.29. The van der Waals surface area contributed by atoms with E-state index in [9.17, 15) is 14.9 Å². The summed E-state index contributed by atoms with van der Waals surface area (Å²) in [4.78, 5) is 22.3. The van der Waals surface area contributed by atoms with E-state index in [2.05, 4.69) is 5.32 Å². The standard InChI is InChI=1S/C14H20N2O5/c1-3-10(6-7-17)9-15-14(18)12-5-4-11(16(19)20)8-13(12)21-2/h4-5,8,10,17H,3,6-7,9H2,1-2H3,(H,15,18). The summed E-state index contributed by atoms with van der Waals surface area (Å²) < 4.78 is 5.03. The fourth-order valence-electron chi connectivity index (χ4n) is 1.95. The molecule has 0 radical (unpaired) electrons. The van der Waals surface area contributed by atoms with Crippen LogP contribution in [0.2, 0.25) is 0 Å². The van der Waals surface area contributed by atoms with Gasteiger partial charge >= 0.3 is 0 Å². The second-order valence-electron chi connectivity index (χ2n) is 4.64. The van der Waals surface area contributed by atoms with Crippen LogP contribution in [0.1, 0.15) is 30.1 Å². The van der Waals surface area contributed by atoms with E-state index in [0.29, 0.717) is 13.0 Å². The van der Waals surface area contributed by atoms with Crippen molar-refractivity contribution in [1.29, 1.82) is 0 Å². The van der Waals surface area contributed by atoms with E-state index in [1.165, 1.54) is 25.3 Å². The van der Waals surface area contributed by atoms with Crippen molar-refractivity contribution >= 4 is 11.6 Å². The Morgan fingerprint density at radius 2 is 2.24 bits per heavy atom. The van der Waals surface area contributed by atoms with E-state index < -0.39 is 4.92 Å². The summed E-state index contributed by atoms with van der Waals surface area (Å²) >= 11 is 0. The number of methoxy groups -OCH3 is 1. The monoisotopic (exact) mass is 296 g/mol. The second kappa shape index (κ2) is 8.21. The number of nitro benzene ring substituents is 1. The molecule has 116 valence electrons. The van der Waals surface area contributed by atoms with Gasteiger partial charge in [0.15, 0.2) is 0 Å². The maximum absolute atomic E-state index is 12.1. The highest BCUT2D eigenvalue weighted by atomic mass is 16.6. The number of amides is 1. The molecule has 0 saturated carbocycles. The minimum absolute atomic E-state index is 0.0786. The molecule has 1 atom stereocenters. The van der Waals surface area contributed by atoms with Crippen molar-refractivity contribution in [1.82, 2.24) is 5.32 Å². The highest BCUT2D eigenvalue weighted by Gasteiger charge is 2.17. The van der Waals surface area contributed by atoms with Crippen LogP contribution in [0.3, 0.4) is 0 Å². The Hall–Kier alpha value is -2.15. The summed E-state index contributed by atoms with van der Waals surface area (Å²) in [5, 5.41) is 22.4. The van der Waals surface area contributed by atoms with E-state index in [-0.39, 0.29) is 35.4 Å². The Balaban J connectivity index is 2.80. The highest BCUT2D eigenvalue weighted by Crippen LogP contribution is 2.24. The number of nitrogens with zero attached hydrogens (tertiary/aromatic N) is 1. The van der Waals surface area contributed by atoms with Gasteiger partial charge in [-0.1, -0.05) is 13.3 Å². The molecule has 7 nitrogen and oxygen atoms in total. The molecule has 0 aromatic heterocycles. The largest absolute Gasteiger partial charge is 0.496 e. The van der Waals surface area contributed by atoms with Crippen LogP contribution in [-0.2, 0) is 0 Å². The molecule has 1 aromatic carbocycles. The quantitative estimate of drug-likeness (QED) is 0.562. The zero-order valence-corrected chi connectivity index (χ0v) is 12.2. The number of benzene rings is 1. The average molecular weight is 296 g/mol. The third-order valence-corrected chi connectivity index (χ3v) is 3.31. The lowest BCUT2D eigenvalue weighted by molar-refractivity contribution is -0.384. The second-order valence-corrected chi connectivity index (χ2v) is 4.64. The van der Waals surface area contributed by atoms with Gasteiger partial charge in [0.25, 0.3) is 11.6 Å². The number of nitrogens with one attached hydrogen (secondary N) is 1. The molecule has 7 heteroatoms. The first-order valence-electron chi connectivity index (χ1n) is 6.74. The number of hydrogen-bond acceptors (Lipinski definition) is 5. The smallest absolute Gasteiger partial charge is 0.273 e. The number of carbonyl (C=O) groups is 1.